The second-order valence-electron chi connectivity index (χ2n) is 5.90. The molecule has 0 amide bonds. The molecule has 0 aliphatic carbocycles. The lowest BCUT2D eigenvalue weighted by Crippen LogP contribution is -2.32. The number of aromatic nitrogens is 2. The summed E-state index contributed by atoms with van der Waals surface area (Å²) in [4.78, 5) is 12.5. The van der Waals surface area contributed by atoms with Gasteiger partial charge in [-0.1, -0.05) is 35.9 Å². The fourth-order valence-electron chi connectivity index (χ4n) is 2.61. The van der Waals surface area contributed by atoms with E-state index in [1.54, 1.807) is 6.07 Å². The van der Waals surface area contributed by atoms with Crippen LogP contribution in [0.5, 0.6) is 5.75 Å². The summed E-state index contributed by atoms with van der Waals surface area (Å²) in [6, 6.07) is 15.0. The predicted octanol–water partition coefficient (Wildman–Crippen LogP) is 2.45. The Bertz CT molecular complexity index is 901. The average Bonchev–Trinajstić information content (AvgIpc) is 2.59. The van der Waals surface area contributed by atoms with E-state index in [1.165, 1.54) is 4.68 Å². The Morgan fingerprint density at radius 2 is 1.75 bits per heavy atom. The van der Waals surface area contributed by atoms with Gasteiger partial charge in [-0.15, -0.1) is 0 Å². The maximum absolute atomic E-state index is 12.5. The fraction of sp³-hybridized carbons (Fsp3) is 0.263. The molecule has 124 valence electrons. The minimum Gasteiger partial charge on any atom is -0.491 e. The molecule has 0 fully saturated rings. The van der Waals surface area contributed by atoms with Crippen LogP contribution in [0.1, 0.15) is 11.3 Å². The molecule has 0 bridgehead atoms. The highest BCUT2D eigenvalue weighted by molar-refractivity contribution is 5.83. The first-order valence-corrected chi connectivity index (χ1v) is 7.88. The highest BCUT2D eigenvalue weighted by atomic mass is 16.5. The van der Waals surface area contributed by atoms with Gasteiger partial charge in [-0.25, -0.2) is 4.68 Å². The van der Waals surface area contributed by atoms with Crippen molar-refractivity contribution in [1.29, 1.82) is 0 Å². The van der Waals surface area contributed by atoms with E-state index >= 15 is 0 Å². The number of hydrogen-bond acceptors (Lipinski definition) is 4. The minimum atomic E-state index is -0.822. The van der Waals surface area contributed by atoms with Gasteiger partial charge in [0.1, 0.15) is 18.5 Å². The van der Waals surface area contributed by atoms with E-state index in [2.05, 4.69) is 5.10 Å². The van der Waals surface area contributed by atoms with Gasteiger partial charge in [0.15, 0.2) is 0 Å². The molecule has 0 saturated carbocycles. The van der Waals surface area contributed by atoms with E-state index in [0.29, 0.717) is 11.1 Å². The van der Waals surface area contributed by atoms with Crippen molar-refractivity contribution in [2.45, 2.75) is 26.5 Å². The van der Waals surface area contributed by atoms with Gasteiger partial charge in [0.2, 0.25) is 0 Å². The van der Waals surface area contributed by atoms with Crippen LogP contribution in [0, 0.1) is 13.8 Å². The smallest absolute Gasteiger partial charge is 0.274 e. The lowest BCUT2D eigenvalue weighted by Gasteiger charge is -2.14. The molecule has 2 aromatic carbocycles. The first kappa shape index (κ1) is 16.2. The minimum absolute atomic E-state index is 0.0936. The third-order valence-electron chi connectivity index (χ3n) is 3.90. The predicted molar refractivity (Wildman–Crippen MR) is 93.4 cm³/mol. The van der Waals surface area contributed by atoms with E-state index in [9.17, 15) is 9.90 Å². The Hall–Kier alpha value is -2.66. The maximum atomic E-state index is 12.5. The molecule has 1 heterocycles. The normalized spacial score (nSPS) is 12.3. The van der Waals surface area contributed by atoms with Crippen LogP contribution in [0.15, 0.2) is 53.3 Å². The molecule has 0 aliphatic heterocycles. The van der Waals surface area contributed by atoms with E-state index in [4.69, 9.17) is 4.74 Å². The van der Waals surface area contributed by atoms with Crippen molar-refractivity contribution in [2.75, 3.05) is 6.61 Å². The Morgan fingerprint density at radius 3 is 2.46 bits per heavy atom. The van der Waals surface area contributed by atoms with Crippen LogP contribution >= 0.6 is 0 Å². The average molecular weight is 324 g/mol. The summed E-state index contributed by atoms with van der Waals surface area (Å²) in [5.74, 6) is 0.689. The number of hydrogen-bond donors (Lipinski definition) is 1. The summed E-state index contributed by atoms with van der Waals surface area (Å²) in [6.45, 7) is 4.05. The number of aryl methyl sites for hydroxylation is 2. The van der Waals surface area contributed by atoms with E-state index in [0.717, 1.165) is 16.6 Å². The molecule has 0 radical (unpaired) electrons. The van der Waals surface area contributed by atoms with Crippen molar-refractivity contribution >= 4 is 10.8 Å². The topological polar surface area (TPSA) is 64.3 Å². The maximum Gasteiger partial charge on any atom is 0.274 e. The van der Waals surface area contributed by atoms with Crippen LogP contribution in [0.4, 0.5) is 0 Å². The van der Waals surface area contributed by atoms with Crippen molar-refractivity contribution in [3.63, 3.8) is 0 Å². The zero-order chi connectivity index (χ0) is 17.1. The fourth-order valence-corrected chi connectivity index (χ4v) is 2.61. The van der Waals surface area contributed by atoms with Crippen LogP contribution in [0.3, 0.4) is 0 Å². The Balaban J connectivity index is 1.73. The second-order valence-corrected chi connectivity index (χ2v) is 5.90. The molecule has 0 spiro atoms. The number of ether oxygens (including phenoxy) is 1. The van der Waals surface area contributed by atoms with Gasteiger partial charge in [-0.3, -0.25) is 4.79 Å². The number of aliphatic hydroxyl groups excluding tert-OH is 1. The van der Waals surface area contributed by atoms with Crippen molar-refractivity contribution in [3.8, 4) is 5.75 Å². The molecule has 1 N–H and O–H groups in total. The molecule has 5 heteroatoms. The first-order valence-electron chi connectivity index (χ1n) is 7.88. The number of nitrogens with zero attached hydrogens (tertiary/aromatic N) is 2. The van der Waals surface area contributed by atoms with Gasteiger partial charge in [0.25, 0.3) is 5.56 Å². The zero-order valence-electron chi connectivity index (χ0n) is 13.8. The standard InChI is InChI=1S/C19H20N2O3/c1-13-7-9-16(10-8-13)24-12-15(22)11-21-19(23)18-6-4-3-5-17(18)14(2)20-21/h3-10,15,22H,11-12H2,1-2H3/t15-/m1/s1. The summed E-state index contributed by atoms with van der Waals surface area (Å²) in [5.41, 5.74) is 1.70. The summed E-state index contributed by atoms with van der Waals surface area (Å²) < 4.78 is 6.87. The van der Waals surface area contributed by atoms with Gasteiger partial charge >= 0.3 is 0 Å². The van der Waals surface area contributed by atoms with Gasteiger partial charge < -0.3 is 9.84 Å². The molecule has 0 aliphatic rings. The van der Waals surface area contributed by atoms with Crippen molar-refractivity contribution in [3.05, 3.63) is 70.1 Å². The molecule has 1 aromatic heterocycles. The van der Waals surface area contributed by atoms with Gasteiger partial charge in [0.05, 0.1) is 17.6 Å². The lowest BCUT2D eigenvalue weighted by molar-refractivity contribution is 0.0880. The highest BCUT2D eigenvalue weighted by Crippen LogP contribution is 2.13. The third kappa shape index (κ3) is 3.46. The molecule has 3 aromatic rings. The first-order chi connectivity index (χ1) is 11.5. The molecule has 3 rings (SSSR count). The molecule has 0 saturated heterocycles. The number of fused-ring (bicyclic) bond motifs is 1. The summed E-state index contributed by atoms with van der Waals surface area (Å²) in [5, 5.41) is 15.9. The van der Waals surface area contributed by atoms with E-state index in [1.807, 2.05) is 56.3 Å². The van der Waals surface area contributed by atoms with Crippen LogP contribution in [0.2, 0.25) is 0 Å². The molecule has 0 unspecified atom stereocenters. The quantitative estimate of drug-likeness (QED) is 0.783. The van der Waals surface area contributed by atoms with Crippen LogP contribution in [-0.2, 0) is 6.54 Å². The Kier molecular flexibility index (Phi) is 4.62. The third-order valence-corrected chi connectivity index (χ3v) is 3.90. The summed E-state index contributed by atoms with van der Waals surface area (Å²) in [6.07, 6.45) is -0.822. The lowest BCUT2D eigenvalue weighted by atomic mass is 10.1. The SMILES string of the molecule is Cc1ccc(OC[C@H](O)Cn2nc(C)c3ccccc3c2=O)cc1. The summed E-state index contributed by atoms with van der Waals surface area (Å²) >= 11 is 0. The van der Waals surface area contributed by atoms with E-state index in [-0.39, 0.29) is 18.7 Å². The van der Waals surface area contributed by atoms with Gasteiger partial charge in [-0.2, -0.15) is 5.10 Å². The molecular weight excluding hydrogens is 304 g/mol. The van der Waals surface area contributed by atoms with Crippen LogP contribution in [0.25, 0.3) is 10.8 Å². The number of benzene rings is 2. The van der Waals surface area contributed by atoms with E-state index < -0.39 is 6.10 Å². The number of aliphatic hydroxyl groups is 1. The van der Waals surface area contributed by atoms with Gasteiger partial charge in [-0.05, 0) is 32.0 Å². The molecule has 1 atom stereocenters. The number of rotatable bonds is 5. The molecule has 24 heavy (non-hydrogen) atoms. The largest absolute Gasteiger partial charge is 0.491 e. The van der Waals surface area contributed by atoms with Crippen molar-refractivity contribution in [2.24, 2.45) is 0 Å². The summed E-state index contributed by atoms with van der Waals surface area (Å²) in [7, 11) is 0. The highest BCUT2D eigenvalue weighted by Gasteiger charge is 2.12. The van der Waals surface area contributed by atoms with Crippen molar-refractivity contribution < 1.29 is 9.84 Å². The zero-order valence-corrected chi connectivity index (χ0v) is 13.8. The Morgan fingerprint density at radius 1 is 1.08 bits per heavy atom. The van der Waals surface area contributed by atoms with Gasteiger partial charge in [0, 0.05) is 5.39 Å². The van der Waals surface area contributed by atoms with Crippen molar-refractivity contribution in [1.82, 2.24) is 9.78 Å². The Labute approximate surface area is 140 Å². The molecule has 5 nitrogen and oxygen atoms in total. The molecular formula is C19H20N2O3. The van der Waals surface area contributed by atoms with Crippen LogP contribution < -0.4 is 10.3 Å². The second kappa shape index (κ2) is 6.84. The van der Waals surface area contributed by atoms with Crippen LogP contribution in [-0.4, -0.2) is 27.6 Å². The monoisotopic (exact) mass is 324 g/mol.